The molecular formula is C14H18ClNO2. The van der Waals surface area contributed by atoms with Gasteiger partial charge < -0.3 is 14.8 Å². The third-order valence-electron chi connectivity index (χ3n) is 3.76. The molecule has 18 heavy (non-hydrogen) atoms. The van der Waals surface area contributed by atoms with E-state index in [9.17, 15) is 0 Å². The van der Waals surface area contributed by atoms with Gasteiger partial charge in [0.25, 0.3) is 0 Å². The van der Waals surface area contributed by atoms with Crippen LogP contribution in [0.5, 0.6) is 11.5 Å². The Kier molecular flexibility index (Phi) is 3.35. The summed E-state index contributed by atoms with van der Waals surface area (Å²) >= 11 is 6.38. The predicted octanol–water partition coefficient (Wildman–Crippen LogP) is 2.71. The van der Waals surface area contributed by atoms with Crippen LogP contribution in [0.1, 0.15) is 24.0 Å². The van der Waals surface area contributed by atoms with Crippen LogP contribution in [-0.4, -0.2) is 25.8 Å². The average molecular weight is 268 g/mol. The van der Waals surface area contributed by atoms with Crippen LogP contribution in [0.4, 0.5) is 0 Å². The van der Waals surface area contributed by atoms with Crippen LogP contribution in [0.2, 0.25) is 5.02 Å². The zero-order valence-corrected chi connectivity index (χ0v) is 11.3. The monoisotopic (exact) mass is 267 g/mol. The largest absolute Gasteiger partial charge is 0.486 e. The van der Waals surface area contributed by atoms with Gasteiger partial charge in [-0.15, -0.1) is 0 Å². The van der Waals surface area contributed by atoms with Crippen molar-refractivity contribution in [2.24, 2.45) is 0 Å². The summed E-state index contributed by atoms with van der Waals surface area (Å²) in [5, 5.41) is 4.23. The topological polar surface area (TPSA) is 30.5 Å². The lowest BCUT2D eigenvalue weighted by Crippen LogP contribution is -2.24. The fraction of sp³-hybridized carbons (Fsp3) is 0.571. The molecule has 0 spiro atoms. The van der Waals surface area contributed by atoms with E-state index < -0.39 is 0 Å². The summed E-state index contributed by atoms with van der Waals surface area (Å²) in [5.74, 6) is 1.51. The van der Waals surface area contributed by atoms with E-state index in [4.69, 9.17) is 21.1 Å². The van der Waals surface area contributed by atoms with Crippen molar-refractivity contribution in [3.8, 4) is 11.5 Å². The molecule has 0 radical (unpaired) electrons. The van der Waals surface area contributed by atoms with Gasteiger partial charge in [-0.1, -0.05) is 11.6 Å². The third-order valence-corrected chi connectivity index (χ3v) is 4.21. The minimum Gasteiger partial charge on any atom is -0.486 e. The molecule has 0 amide bonds. The first kappa shape index (κ1) is 12.1. The van der Waals surface area contributed by atoms with Gasteiger partial charge in [-0.25, -0.2) is 0 Å². The number of fused-ring (bicyclic) bond motifs is 1. The Bertz CT molecular complexity index is 456. The Morgan fingerprint density at radius 1 is 1.39 bits per heavy atom. The van der Waals surface area contributed by atoms with Gasteiger partial charge in [0.05, 0.1) is 5.02 Å². The highest BCUT2D eigenvalue weighted by molar-refractivity contribution is 6.33. The minimum absolute atomic E-state index is 0.572. The molecule has 0 aliphatic carbocycles. The van der Waals surface area contributed by atoms with E-state index in [1.807, 2.05) is 0 Å². The number of ether oxygens (including phenoxy) is 2. The molecule has 3 rings (SSSR count). The molecule has 3 nitrogen and oxygen atoms in total. The lowest BCUT2D eigenvalue weighted by Gasteiger charge is -2.23. The van der Waals surface area contributed by atoms with Crippen LogP contribution in [0.3, 0.4) is 0 Å². The molecule has 1 atom stereocenters. The summed E-state index contributed by atoms with van der Waals surface area (Å²) < 4.78 is 11.2. The summed E-state index contributed by atoms with van der Waals surface area (Å²) in [6.07, 6.45) is 3.52. The summed E-state index contributed by atoms with van der Waals surface area (Å²) in [6.45, 7) is 4.37. The number of nitrogens with one attached hydrogen (secondary N) is 1. The molecule has 98 valence electrons. The predicted molar refractivity (Wildman–Crippen MR) is 71.9 cm³/mol. The summed E-state index contributed by atoms with van der Waals surface area (Å²) in [7, 11) is 0. The fourth-order valence-electron chi connectivity index (χ4n) is 2.70. The highest BCUT2D eigenvalue weighted by atomic mass is 35.5. The number of hydrogen-bond acceptors (Lipinski definition) is 3. The SMILES string of the molecule is Cc1c(CC2CCCN2)cc2c(c1Cl)OCCO2. The molecule has 2 aliphatic heterocycles. The second-order valence-corrected chi connectivity index (χ2v) is 5.37. The van der Waals surface area contributed by atoms with Crippen molar-refractivity contribution in [3.05, 3.63) is 22.2 Å². The van der Waals surface area contributed by atoms with Crippen molar-refractivity contribution in [1.29, 1.82) is 0 Å². The normalized spacial score (nSPS) is 22.2. The Labute approximate surface area is 112 Å². The second kappa shape index (κ2) is 4.98. The van der Waals surface area contributed by atoms with Crippen molar-refractivity contribution >= 4 is 11.6 Å². The van der Waals surface area contributed by atoms with Gasteiger partial charge >= 0.3 is 0 Å². The summed E-state index contributed by atoms with van der Waals surface area (Å²) in [6, 6.07) is 2.66. The number of halogens is 1. The van der Waals surface area contributed by atoms with E-state index in [-0.39, 0.29) is 0 Å². The van der Waals surface area contributed by atoms with Gasteiger partial charge in [0.15, 0.2) is 11.5 Å². The van der Waals surface area contributed by atoms with E-state index in [0.717, 1.165) is 24.3 Å². The standard InChI is InChI=1S/C14H18ClNO2/c1-9-10(7-11-3-2-4-16-11)8-12-14(13(9)15)18-6-5-17-12/h8,11,16H,2-7H2,1H3. The first-order valence-electron chi connectivity index (χ1n) is 6.56. The van der Waals surface area contributed by atoms with Gasteiger partial charge in [-0.2, -0.15) is 0 Å². The zero-order chi connectivity index (χ0) is 12.5. The number of benzene rings is 1. The molecule has 1 unspecified atom stereocenters. The van der Waals surface area contributed by atoms with Gasteiger partial charge in [0, 0.05) is 6.04 Å². The molecule has 1 N–H and O–H groups in total. The molecule has 2 aliphatic rings. The molecule has 4 heteroatoms. The molecule has 0 saturated carbocycles. The smallest absolute Gasteiger partial charge is 0.180 e. The molecule has 1 saturated heterocycles. The van der Waals surface area contributed by atoms with E-state index in [2.05, 4.69) is 18.3 Å². The average Bonchev–Trinajstić information content (AvgIpc) is 2.89. The maximum absolute atomic E-state index is 6.38. The summed E-state index contributed by atoms with van der Waals surface area (Å²) in [5.41, 5.74) is 2.39. The quantitative estimate of drug-likeness (QED) is 0.894. The molecule has 1 aromatic rings. The van der Waals surface area contributed by atoms with Crippen LogP contribution in [0.25, 0.3) is 0 Å². The lowest BCUT2D eigenvalue weighted by atomic mass is 9.99. The highest BCUT2D eigenvalue weighted by Gasteiger charge is 2.22. The molecule has 0 bridgehead atoms. The maximum atomic E-state index is 6.38. The van der Waals surface area contributed by atoms with Gasteiger partial charge in [-0.3, -0.25) is 0 Å². The van der Waals surface area contributed by atoms with Gasteiger partial charge in [-0.05, 0) is 49.9 Å². The van der Waals surface area contributed by atoms with Crippen LogP contribution < -0.4 is 14.8 Å². The maximum Gasteiger partial charge on any atom is 0.180 e. The van der Waals surface area contributed by atoms with Crippen molar-refractivity contribution in [3.63, 3.8) is 0 Å². The van der Waals surface area contributed by atoms with Crippen LogP contribution in [-0.2, 0) is 6.42 Å². The Morgan fingerprint density at radius 2 is 2.22 bits per heavy atom. The molecule has 0 aromatic heterocycles. The molecule has 1 fully saturated rings. The van der Waals surface area contributed by atoms with Crippen molar-refractivity contribution in [1.82, 2.24) is 5.32 Å². The second-order valence-electron chi connectivity index (χ2n) is 5.00. The van der Waals surface area contributed by atoms with Crippen molar-refractivity contribution < 1.29 is 9.47 Å². The van der Waals surface area contributed by atoms with E-state index in [0.29, 0.717) is 30.0 Å². The van der Waals surface area contributed by atoms with Crippen LogP contribution in [0, 0.1) is 6.92 Å². The molecule has 2 heterocycles. The van der Waals surface area contributed by atoms with Crippen LogP contribution >= 0.6 is 11.6 Å². The first-order chi connectivity index (χ1) is 8.75. The van der Waals surface area contributed by atoms with Crippen LogP contribution in [0.15, 0.2) is 6.07 Å². The van der Waals surface area contributed by atoms with Crippen molar-refractivity contribution in [2.75, 3.05) is 19.8 Å². The van der Waals surface area contributed by atoms with E-state index >= 15 is 0 Å². The molecular weight excluding hydrogens is 250 g/mol. The highest BCUT2D eigenvalue weighted by Crippen LogP contribution is 2.41. The summed E-state index contributed by atoms with van der Waals surface area (Å²) in [4.78, 5) is 0. The van der Waals surface area contributed by atoms with E-state index in [1.165, 1.54) is 18.4 Å². The first-order valence-corrected chi connectivity index (χ1v) is 6.94. The minimum atomic E-state index is 0.572. The Morgan fingerprint density at radius 3 is 3.00 bits per heavy atom. The number of hydrogen-bond donors (Lipinski definition) is 1. The van der Waals surface area contributed by atoms with Gasteiger partial charge in [0.1, 0.15) is 13.2 Å². The Hall–Kier alpha value is -0.930. The Balaban J connectivity index is 1.91. The molecule has 1 aromatic carbocycles. The van der Waals surface area contributed by atoms with Crippen molar-refractivity contribution in [2.45, 2.75) is 32.2 Å². The zero-order valence-electron chi connectivity index (χ0n) is 10.6. The number of rotatable bonds is 2. The van der Waals surface area contributed by atoms with Gasteiger partial charge in [0.2, 0.25) is 0 Å². The third kappa shape index (κ3) is 2.17. The lowest BCUT2D eigenvalue weighted by molar-refractivity contribution is 0.171. The fourth-order valence-corrected chi connectivity index (χ4v) is 2.97. The van der Waals surface area contributed by atoms with E-state index in [1.54, 1.807) is 0 Å².